The molecule has 2 aromatic rings. The Hall–Kier alpha value is -2.06. The van der Waals surface area contributed by atoms with E-state index in [-0.39, 0.29) is 18.2 Å². The number of nitrogens with one attached hydrogen (secondary N) is 1. The number of hydrogen-bond donors (Lipinski definition) is 1. The molecule has 1 unspecified atom stereocenters. The molecule has 1 N–H and O–H groups in total. The van der Waals surface area contributed by atoms with Crippen molar-refractivity contribution in [3.63, 3.8) is 0 Å². The molecule has 2 amide bonds. The average Bonchev–Trinajstić information content (AvgIpc) is 3.13. The van der Waals surface area contributed by atoms with Crippen molar-refractivity contribution >= 4 is 35.2 Å². The van der Waals surface area contributed by atoms with Crippen LogP contribution in [-0.4, -0.2) is 72.3 Å². The van der Waals surface area contributed by atoms with E-state index in [1.165, 1.54) is 11.8 Å². The zero-order valence-electron chi connectivity index (χ0n) is 18.7. The fourth-order valence-electron chi connectivity index (χ4n) is 4.28. The van der Waals surface area contributed by atoms with Crippen LogP contribution < -0.4 is 5.32 Å². The number of likely N-dealkylation sites (tertiary alicyclic amines) is 1. The molecule has 0 aliphatic carbocycles. The summed E-state index contributed by atoms with van der Waals surface area (Å²) < 4.78 is 4.54. The monoisotopic (exact) mass is 487 g/mol. The maximum Gasteiger partial charge on any atom is 0.238 e. The quantitative estimate of drug-likeness (QED) is 0.549. The molecule has 0 bridgehead atoms. The van der Waals surface area contributed by atoms with E-state index < -0.39 is 4.75 Å². The number of thioether (sulfide) groups is 1. The molecular formula is C25H30ClN3O3S. The van der Waals surface area contributed by atoms with Gasteiger partial charge in [0.1, 0.15) is 4.75 Å². The summed E-state index contributed by atoms with van der Waals surface area (Å²) in [5.41, 5.74) is 0.960. The lowest BCUT2D eigenvalue weighted by atomic mass is 10.1. The summed E-state index contributed by atoms with van der Waals surface area (Å²) in [4.78, 5) is 31.6. The summed E-state index contributed by atoms with van der Waals surface area (Å²) >= 11 is 7.61. The van der Waals surface area contributed by atoms with E-state index in [1.807, 2.05) is 54.6 Å². The lowest BCUT2D eigenvalue weighted by Crippen LogP contribution is -2.47. The third kappa shape index (κ3) is 6.51. The Kier molecular flexibility index (Phi) is 8.30. The molecule has 33 heavy (non-hydrogen) atoms. The number of carbonyl (C=O) groups excluding carboxylic acids is 2. The maximum atomic E-state index is 13.5. The first kappa shape index (κ1) is 24.1. The van der Waals surface area contributed by atoms with Gasteiger partial charge in [0.2, 0.25) is 11.8 Å². The smallest absolute Gasteiger partial charge is 0.238 e. The molecule has 176 valence electrons. The zero-order chi connectivity index (χ0) is 23.1. The lowest BCUT2D eigenvalue weighted by Gasteiger charge is -2.28. The van der Waals surface area contributed by atoms with Gasteiger partial charge < -0.3 is 15.0 Å². The van der Waals surface area contributed by atoms with Crippen LogP contribution in [0.25, 0.3) is 0 Å². The van der Waals surface area contributed by atoms with Gasteiger partial charge in [0.15, 0.2) is 0 Å². The van der Waals surface area contributed by atoms with Crippen molar-refractivity contribution in [2.45, 2.75) is 29.0 Å². The van der Waals surface area contributed by atoms with Gasteiger partial charge >= 0.3 is 0 Å². The van der Waals surface area contributed by atoms with Crippen LogP contribution in [-0.2, 0) is 20.9 Å². The summed E-state index contributed by atoms with van der Waals surface area (Å²) in [5.74, 6) is -0.0813. The van der Waals surface area contributed by atoms with Gasteiger partial charge in [-0.25, -0.2) is 0 Å². The van der Waals surface area contributed by atoms with Crippen molar-refractivity contribution in [1.82, 2.24) is 15.1 Å². The number of benzene rings is 2. The SMILES string of the molecule is O=C1CC(Sc2ccccc2)(C(=O)NCCCN2CCOCC2)CN1Cc1cccc(Cl)c1. The maximum absolute atomic E-state index is 13.5. The van der Waals surface area contributed by atoms with E-state index >= 15 is 0 Å². The molecule has 0 saturated carbocycles. The zero-order valence-corrected chi connectivity index (χ0v) is 20.2. The Morgan fingerprint density at radius 1 is 1.12 bits per heavy atom. The molecule has 2 aliphatic heterocycles. The number of nitrogens with zero attached hydrogens (tertiary/aromatic N) is 2. The second kappa shape index (κ2) is 11.4. The van der Waals surface area contributed by atoms with Gasteiger partial charge in [0.05, 0.1) is 19.6 Å². The summed E-state index contributed by atoms with van der Waals surface area (Å²) in [6.07, 6.45) is 1.06. The Labute approximate surface area is 204 Å². The predicted octanol–water partition coefficient (Wildman–Crippen LogP) is 3.44. The topological polar surface area (TPSA) is 61.9 Å². The Bertz CT molecular complexity index is 955. The average molecular weight is 488 g/mol. The highest BCUT2D eigenvalue weighted by Gasteiger charge is 2.49. The van der Waals surface area contributed by atoms with Crippen molar-refractivity contribution in [2.24, 2.45) is 0 Å². The molecule has 0 aromatic heterocycles. The minimum Gasteiger partial charge on any atom is -0.379 e. The minimum atomic E-state index is -0.851. The van der Waals surface area contributed by atoms with Gasteiger partial charge in [0.25, 0.3) is 0 Å². The molecule has 2 saturated heterocycles. The van der Waals surface area contributed by atoms with Crippen LogP contribution in [0.4, 0.5) is 0 Å². The summed E-state index contributed by atoms with van der Waals surface area (Å²) in [5, 5.41) is 3.76. The van der Waals surface area contributed by atoms with Crippen molar-refractivity contribution in [2.75, 3.05) is 45.9 Å². The molecule has 6 nitrogen and oxygen atoms in total. The third-order valence-corrected chi connectivity index (χ3v) is 7.60. The summed E-state index contributed by atoms with van der Waals surface area (Å²) in [6, 6.07) is 17.4. The van der Waals surface area contributed by atoms with Gasteiger partial charge in [-0.15, -0.1) is 11.8 Å². The molecule has 2 heterocycles. The van der Waals surface area contributed by atoms with Gasteiger partial charge in [-0.1, -0.05) is 41.9 Å². The minimum absolute atomic E-state index is 0.0122. The van der Waals surface area contributed by atoms with Crippen LogP contribution in [0.15, 0.2) is 59.5 Å². The molecule has 2 fully saturated rings. The first-order valence-electron chi connectivity index (χ1n) is 11.4. The van der Waals surface area contributed by atoms with Gasteiger partial charge in [-0.3, -0.25) is 14.5 Å². The molecule has 2 aliphatic rings. The highest BCUT2D eigenvalue weighted by atomic mass is 35.5. The standard InChI is InChI=1S/C25H30ClN3O3S/c26-21-7-4-6-20(16-21)18-29-19-25(17-23(29)30,33-22-8-2-1-3-9-22)24(31)27-10-5-11-28-12-14-32-15-13-28/h1-4,6-9,16H,5,10-15,17-19H2,(H,27,31). The Balaban J connectivity index is 1.42. The largest absolute Gasteiger partial charge is 0.379 e. The highest BCUT2D eigenvalue weighted by molar-refractivity contribution is 8.01. The Morgan fingerprint density at radius 2 is 1.91 bits per heavy atom. The normalized spacial score (nSPS) is 21.4. The summed E-state index contributed by atoms with van der Waals surface area (Å²) in [7, 11) is 0. The molecule has 0 spiro atoms. The van der Waals surface area contributed by atoms with Crippen molar-refractivity contribution < 1.29 is 14.3 Å². The highest BCUT2D eigenvalue weighted by Crippen LogP contribution is 2.41. The molecule has 2 aromatic carbocycles. The van der Waals surface area contributed by atoms with Crippen LogP contribution in [0.1, 0.15) is 18.4 Å². The first-order valence-corrected chi connectivity index (χ1v) is 12.6. The van der Waals surface area contributed by atoms with Gasteiger partial charge in [-0.2, -0.15) is 0 Å². The second-order valence-electron chi connectivity index (χ2n) is 8.53. The number of morpholine rings is 1. The number of hydrogen-bond acceptors (Lipinski definition) is 5. The molecule has 4 rings (SSSR count). The van der Waals surface area contributed by atoms with Crippen LogP contribution in [0, 0.1) is 0 Å². The van der Waals surface area contributed by atoms with Crippen molar-refractivity contribution in [3.8, 4) is 0 Å². The first-order chi connectivity index (χ1) is 16.0. The van der Waals surface area contributed by atoms with E-state index in [2.05, 4.69) is 10.2 Å². The summed E-state index contributed by atoms with van der Waals surface area (Å²) in [6.45, 7) is 5.76. The van der Waals surface area contributed by atoms with Crippen molar-refractivity contribution in [1.29, 1.82) is 0 Å². The van der Waals surface area contributed by atoms with E-state index in [1.54, 1.807) is 4.90 Å². The van der Waals surface area contributed by atoms with Crippen LogP contribution >= 0.6 is 23.4 Å². The van der Waals surface area contributed by atoms with E-state index in [0.29, 0.717) is 24.7 Å². The van der Waals surface area contributed by atoms with E-state index in [9.17, 15) is 9.59 Å². The van der Waals surface area contributed by atoms with E-state index in [4.69, 9.17) is 16.3 Å². The van der Waals surface area contributed by atoms with Gasteiger partial charge in [-0.05, 0) is 42.8 Å². The number of carbonyl (C=O) groups is 2. The van der Waals surface area contributed by atoms with E-state index in [0.717, 1.165) is 49.7 Å². The molecular weight excluding hydrogens is 458 g/mol. The number of ether oxygens (including phenoxy) is 1. The number of halogens is 1. The fraction of sp³-hybridized carbons (Fsp3) is 0.440. The van der Waals surface area contributed by atoms with Gasteiger partial charge in [0, 0.05) is 42.6 Å². The van der Waals surface area contributed by atoms with Crippen LogP contribution in [0.2, 0.25) is 5.02 Å². The fourth-order valence-corrected chi connectivity index (χ4v) is 5.82. The second-order valence-corrected chi connectivity index (χ2v) is 10.4. The molecule has 8 heteroatoms. The van der Waals surface area contributed by atoms with Crippen LogP contribution in [0.5, 0.6) is 0 Å². The number of amides is 2. The Morgan fingerprint density at radius 3 is 2.67 bits per heavy atom. The number of rotatable bonds is 9. The third-order valence-electron chi connectivity index (χ3n) is 6.01. The molecule has 1 atom stereocenters. The van der Waals surface area contributed by atoms with Crippen molar-refractivity contribution in [3.05, 3.63) is 65.2 Å². The van der Waals surface area contributed by atoms with Crippen LogP contribution in [0.3, 0.4) is 0 Å². The molecule has 0 radical (unpaired) electrons. The predicted molar refractivity (Wildman–Crippen MR) is 131 cm³/mol. The lowest BCUT2D eigenvalue weighted by molar-refractivity contribution is -0.129.